The van der Waals surface area contributed by atoms with E-state index in [1.807, 2.05) is 30.5 Å². The Bertz CT molecular complexity index is 559. The number of hydrogen-bond acceptors (Lipinski definition) is 3. The third kappa shape index (κ3) is 3.94. The Balaban J connectivity index is 1.44. The van der Waals surface area contributed by atoms with Crippen molar-refractivity contribution in [2.75, 3.05) is 19.7 Å². The van der Waals surface area contributed by atoms with E-state index in [4.69, 9.17) is 4.74 Å². The molecule has 3 rings (SSSR count). The van der Waals surface area contributed by atoms with Crippen LogP contribution in [0.4, 0.5) is 0 Å². The molecule has 0 spiro atoms. The zero-order valence-corrected chi connectivity index (χ0v) is 12.6. The van der Waals surface area contributed by atoms with Crippen LogP contribution in [-0.4, -0.2) is 24.7 Å². The van der Waals surface area contributed by atoms with Crippen LogP contribution >= 0.6 is 0 Å². The van der Waals surface area contributed by atoms with Crippen molar-refractivity contribution in [3.05, 3.63) is 36.5 Å². The highest BCUT2D eigenvalue weighted by molar-refractivity contribution is 5.84. The maximum atomic E-state index is 5.91. The molecule has 3 nitrogen and oxygen atoms in total. The first-order valence-corrected chi connectivity index (χ1v) is 8.11. The highest BCUT2D eigenvalue weighted by Crippen LogP contribution is 2.24. The minimum Gasteiger partial charge on any atom is -0.492 e. The Morgan fingerprint density at radius 1 is 1.10 bits per heavy atom. The van der Waals surface area contributed by atoms with Gasteiger partial charge in [0.1, 0.15) is 12.4 Å². The third-order valence-electron chi connectivity index (χ3n) is 4.30. The number of pyridine rings is 1. The lowest BCUT2D eigenvalue weighted by Gasteiger charge is -2.21. The number of rotatable bonds is 6. The van der Waals surface area contributed by atoms with E-state index in [1.54, 1.807) is 0 Å². The fourth-order valence-corrected chi connectivity index (χ4v) is 3.13. The molecule has 21 heavy (non-hydrogen) atoms. The molecular formula is C18H24N2O. The molecule has 0 aliphatic heterocycles. The summed E-state index contributed by atoms with van der Waals surface area (Å²) < 4.78 is 5.91. The molecule has 1 saturated carbocycles. The third-order valence-corrected chi connectivity index (χ3v) is 4.30. The van der Waals surface area contributed by atoms with Crippen LogP contribution in [-0.2, 0) is 0 Å². The van der Waals surface area contributed by atoms with Crippen molar-refractivity contribution in [2.24, 2.45) is 5.92 Å². The Labute approximate surface area is 126 Å². The zero-order chi connectivity index (χ0) is 14.3. The van der Waals surface area contributed by atoms with Gasteiger partial charge >= 0.3 is 0 Å². The first-order chi connectivity index (χ1) is 10.4. The molecule has 0 bridgehead atoms. The van der Waals surface area contributed by atoms with Gasteiger partial charge in [0.25, 0.3) is 0 Å². The van der Waals surface area contributed by atoms with E-state index < -0.39 is 0 Å². The van der Waals surface area contributed by atoms with E-state index in [1.165, 1.54) is 32.1 Å². The summed E-state index contributed by atoms with van der Waals surface area (Å²) in [6.45, 7) is 2.76. The maximum Gasteiger partial charge on any atom is 0.128 e. The highest BCUT2D eigenvalue weighted by atomic mass is 16.5. The SMILES string of the molecule is c1cc(OCCNCC2CCCCC2)c2cccnc2c1. The standard InChI is InChI=1S/C18H24N2O/c1-2-6-15(7-3-1)14-19-12-13-21-18-10-4-9-17-16(18)8-5-11-20-17/h4-5,8-11,15,19H,1-3,6-7,12-14H2. The lowest BCUT2D eigenvalue weighted by Crippen LogP contribution is -2.28. The van der Waals surface area contributed by atoms with Crippen molar-refractivity contribution in [2.45, 2.75) is 32.1 Å². The minimum atomic E-state index is 0.709. The Morgan fingerprint density at radius 2 is 2.00 bits per heavy atom. The number of nitrogens with one attached hydrogen (secondary N) is 1. The van der Waals surface area contributed by atoms with E-state index in [2.05, 4.69) is 16.4 Å². The quantitative estimate of drug-likeness (QED) is 0.820. The first kappa shape index (κ1) is 14.3. The van der Waals surface area contributed by atoms with Crippen molar-refractivity contribution in [3.8, 4) is 5.75 Å². The van der Waals surface area contributed by atoms with Crippen molar-refractivity contribution < 1.29 is 4.74 Å². The van der Waals surface area contributed by atoms with Gasteiger partial charge < -0.3 is 10.1 Å². The average Bonchev–Trinajstić information content (AvgIpc) is 2.56. The summed E-state index contributed by atoms with van der Waals surface area (Å²) in [6.07, 6.45) is 8.84. The van der Waals surface area contributed by atoms with Crippen molar-refractivity contribution in [1.82, 2.24) is 10.3 Å². The number of aromatic nitrogens is 1. The lowest BCUT2D eigenvalue weighted by molar-refractivity contribution is 0.297. The molecule has 1 fully saturated rings. The second-order valence-corrected chi connectivity index (χ2v) is 5.88. The summed E-state index contributed by atoms with van der Waals surface area (Å²) in [5.41, 5.74) is 0.991. The number of benzene rings is 1. The summed E-state index contributed by atoms with van der Waals surface area (Å²) in [5, 5.41) is 4.62. The van der Waals surface area contributed by atoms with Crippen LogP contribution < -0.4 is 10.1 Å². The van der Waals surface area contributed by atoms with Gasteiger partial charge in [-0.25, -0.2) is 0 Å². The smallest absolute Gasteiger partial charge is 0.128 e. The molecule has 112 valence electrons. The monoisotopic (exact) mass is 284 g/mol. The number of hydrogen-bond donors (Lipinski definition) is 1. The zero-order valence-electron chi connectivity index (χ0n) is 12.6. The molecule has 3 heteroatoms. The van der Waals surface area contributed by atoms with Gasteiger partial charge in [0.2, 0.25) is 0 Å². The van der Waals surface area contributed by atoms with Crippen LogP contribution in [0.1, 0.15) is 32.1 Å². The molecule has 1 heterocycles. The van der Waals surface area contributed by atoms with Crippen LogP contribution in [0.15, 0.2) is 36.5 Å². The summed E-state index contributed by atoms with van der Waals surface area (Å²) in [7, 11) is 0. The largest absolute Gasteiger partial charge is 0.492 e. The second-order valence-electron chi connectivity index (χ2n) is 5.88. The van der Waals surface area contributed by atoms with Crippen molar-refractivity contribution in [3.63, 3.8) is 0 Å². The average molecular weight is 284 g/mol. The fraction of sp³-hybridized carbons (Fsp3) is 0.500. The lowest BCUT2D eigenvalue weighted by atomic mass is 9.89. The van der Waals surface area contributed by atoms with E-state index in [0.717, 1.165) is 35.7 Å². The van der Waals surface area contributed by atoms with Gasteiger partial charge in [0.05, 0.1) is 5.52 Å². The van der Waals surface area contributed by atoms with Crippen molar-refractivity contribution >= 4 is 10.9 Å². The number of nitrogens with zero attached hydrogens (tertiary/aromatic N) is 1. The molecular weight excluding hydrogens is 260 g/mol. The highest BCUT2D eigenvalue weighted by Gasteiger charge is 2.12. The number of ether oxygens (including phenoxy) is 1. The van der Waals surface area contributed by atoms with Gasteiger partial charge in [0.15, 0.2) is 0 Å². The molecule has 2 aromatic rings. The van der Waals surface area contributed by atoms with Crippen LogP contribution in [0, 0.1) is 5.92 Å². The molecule has 0 saturated heterocycles. The van der Waals surface area contributed by atoms with Gasteiger partial charge in [-0.2, -0.15) is 0 Å². The normalized spacial score (nSPS) is 16.2. The summed E-state index contributed by atoms with van der Waals surface area (Å²) in [4.78, 5) is 4.35. The first-order valence-electron chi connectivity index (χ1n) is 8.11. The van der Waals surface area contributed by atoms with E-state index in [0.29, 0.717) is 6.61 Å². The summed E-state index contributed by atoms with van der Waals surface area (Å²) >= 11 is 0. The van der Waals surface area contributed by atoms with Gasteiger partial charge in [-0.3, -0.25) is 4.98 Å². The molecule has 1 aromatic carbocycles. The Morgan fingerprint density at radius 3 is 2.90 bits per heavy atom. The molecule has 1 aliphatic rings. The van der Waals surface area contributed by atoms with Crippen LogP contribution in [0.25, 0.3) is 10.9 Å². The summed E-state index contributed by atoms with van der Waals surface area (Å²) in [5.74, 6) is 1.81. The molecule has 0 unspecified atom stereocenters. The topological polar surface area (TPSA) is 34.1 Å². The predicted molar refractivity (Wildman–Crippen MR) is 86.7 cm³/mol. The van der Waals surface area contributed by atoms with Gasteiger partial charge in [0, 0.05) is 18.1 Å². The Hall–Kier alpha value is -1.61. The molecule has 1 N–H and O–H groups in total. The molecule has 0 radical (unpaired) electrons. The number of fused-ring (bicyclic) bond motifs is 1. The van der Waals surface area contributed by atoms with Gasteiger partial charge in [-0.05, 0) is 49.6 Å². The predicted octanol–water partition coefficient (Wildman–Crippen LogP) is 3.78. The van der Waals surface area contributed by atoms with Crippen LogP contribution in [0.5, 0.6) is 5.75 Å². The van der Waals surface area contributed by atoms with E-state index >= 15 is 0 Å². The van der Waals surface area contributed by atoms with Crippen molar-refractivity contribution in [1.29, 1.82) is 0 Å². The second kappa shape index (κ2) is 7.41. The van der Waals surface area contributed by atoms with Gasteiger partial charge in [-0.1, -0.05) is 25.3 Å². The minimum absolute atomic E-state index is 0.709. The maximum absolute atomic E-state index is 5.91. The molecule has 1 aliphatic carbocycles. The molecule has 1 aromatic heterocycles. The van der Waals surface area contributed by atoms with Crippen LogP contribution in [0.2, 0.25) is 0 Å². The fourth-order valence-electron chi connectivity index (χ4n) is 3.13. The molecule has 0 atom stereocenters. The summed E-state index contributed by atoms with van der Waals surface area (Å²) in [6, 6.07) is 10.1. The van der Waals surface area contributed by atoms with E-state index in [9.17, 15) is 0 Å². The van der Waals surface area contributed by atoms with E-state index in [-0.39, 0.29) is 0 Å². The molecule has 0 amide bonds. The van der Waals surface area contributed by atoms with Crippen LogP contribution in [0.3, 0.4) is 0 Å². The Kier molecular flexibility index (Phi) is 5.06. The van der Waals surface area contributed by atoms with Gasteiger partial charge in [-0.15, -0.1) is 0 Å².